The summed E-state index contributed by atoms with van der Waals surface area (Å²) in [6.07, 6.45) is 1.20. The number of hydrogen-bond acceptors (Lipinski definition) is 2. The summed E-state index contributed by atoms with van der Waals surface area (Å²) in [5.74, 6) is 0.0238. The molecule has 110 valence electrons. The Bertz CT molecular complexity index is 568. The Labute approximate surface area is 126 Å². The van der Waals surface area contributed by atoms with Crippen molar-refractivity contribution in [3.05, 3.63) is 71.8 Å². The van der Waals surface area contributed by atoms with Gasteiger partial charge in [0.15, 0.2) is 0 Å². The highest BCUT2D eigenvalue weighted by atomic mass is 16.1. The number of amides is 1. The van der Waals surface area contributed by atoms with Gasteiger partial charge in [-0.1, -0.05) is 60.7 Å². The van der Waals surface area contributed by atoms with Crippen LogP contribution in [0.15, 0.2) is 60.7 Å². The summed E-state index contributed by atoms with van der Waals surface area (Å²) in [6, 6.07) is 19.9. The zero-order valence-corrected chi connectivity index (χ0v) is 12.4. The molecule has 0 aliphatic heterocycles. The molecule has 1 amide bonds. The molecule has 3 N–H and O–H groups in total. The lowest BCUT2D eigenvalue weighted by molar-refractivity contribution is -0.122. The molecule has 1 unspecified atom stereocenters. The highest BCUT2D eigenvalue weighted by Crippen LogP contribution is 2.19. The average molecular weight is 282 g/mol. The van der Waals surface area contributed by atoms with Crippen molar-refractivity contribution in [3.8, 4) is 0 Å². The first-order chi connectivity index (χ1) is 10.1. The normalized spacial score (nSPS) is 13.4. The van der Waals surface area contributed by atoms with Crippen molar-refractivity contribution in [1.82, 2.24) is 5.32 Å². The molecule has 0 fully saturated rings. The SMILES string of the molecule is CC(CN)(NC(=O)CCc1ccccc1)c1ccccc1. The number of carbonyl (C=O) groups excluding carboxylic acids is 1. The maximum absolute atomic E-state index is 12.2. The van der Waals surface area contributed by atoms with Crippen LogP contribution in [0.4, 0.5) is 0 Å². The molecule has 3 nitrogen and oxygen atoms in total. The molecule has 2 aromatic rings. The summed E-state index contributed by atoms with van der Waals surface area (Å²) in [5, 5.41) is 3.07. The fraction of sp³-hybridized carbons (Fsp3) is 0.278. The van der Waals surface area contributed by atoms with E-state index in [-0.39, 0.29) is 5.91 Å². The summed E-state index contributed by atoms with van der Waals surface area (Å²) >= 11 is 0. The largest absolute Gasteiger partial charge is 0.346 e. The number of carbonyl (C=O) groups is 1. The van der Waals surface area contributed by atoms with Gasteiger partial charge in [-0.15, -0.1) is 0 Å². The second-order valence-corrected chi connectivity index (χ2v) is 5.44. The Balaban J connectivity index is 1.97. The Morgan fingerprint density at radius 3 is 2.19 bits per heavy atom. The maximum atomic E-state index is 12.2. The molecule has 21 heavy (non-hydrogen) atoms. The third kappa shape index (κ3) is 4.17. The molecule has 0 spiro atoms. The van der Waals surface area contributed by atoms with E-state index in [1.807, 2.05) is 67.6 Å². The molecule has 0 saturated carbocycles. The molecule has 0 aliphatic rings. The lowest BCUT2D eigenvalue weighted by atomic mass is 9.92. The molecule has 0 aliphatic carbocycles. The second-order valence-electron chi connectivity index (χ2n) is 5.44. The molecular weight excluding hydrogens is 260 g/mol. The molecule has 3 heteroatoms. The van der Waals surface area contributed by atoms with Crippen LogP contribution in [-0.4, -0.2) is 12.5 Å². The number of benzene rings is 2. The summed E-state index contributed by atoms with van der Waals surface area (Å²) in [4.78, 5) is 12.2. The van der Waals surface area contributed by atoms with Gasteiger partial charge in [0.1, 0.15) is 0 Å². The predicted molar refractivity (Wildman–Crippen MR) is 85.8 cm³/mol. The zero-order chi connectivity index (χ0) is 15.1. The minimum atomic E-state index is -0.519. The van der Waals surface area contributed by atoms with Gasteiger partial charge < -0.3 is 11.1 Å². The van der Waals surface area contributed by atoms with Gasteiger partial charge in [0.25, 0.3) is 0 Å². The number of nitrogens with two attached hydrogens (primary N) is 1. The molecule has 1 atom stereocenters. The van der Waals surface area contributed by atoms with Crippen LogP contribution in [0.1, 0.15) is 24.5 Å². The Hall–Kier alpha value is -2.13. The van der Waals surface area contributed by atoms with Gasteiger partial charge in [0.05, 0.1) is 5.54 Å². The van der Waals surface area contributed by atoms with Crippen molar-refractivity contribution in [2.45, 2.75) is 25.3 Å². The smallest absolute Gasteiger partial charge is 0.221 e. The molecular formula is C18H22N2O. The van der Waals surface area contributed by atoms with Gasteiger partial charge in [-0.2, -0.15) is 0 Å². The van der Waals surface area contributed by atoms with E-state index in [9.17, 15) is 4.79 Å². The van der Waals surface area contributed by atoms with Crippen LogP contribution in [0.2, 0.25) is 0 Å². The maximum Gasteiger partial charge on any atom is 0.221 e. The van der Waals surface area contributed by atoms with Crippen LogP contribution in [-0.2, 0) is 16.8 Å². The van der Waals surface area contributed by atoms with E-state index in [1.165, 1.54) is 5.56 Å². The molecule has 0 aromatic heterocycles. The Kier molecular flexibility index (Phi) is 5.12. The number of aryl methyl sites for hydroxylation is 1. The minimum absolute atomic E-state index is 0.0238. The van der Waals surface area contributed by atoms with Crippen LogP contribution in [0.25, 0.3) is 0 Å². The summed E-state index contributed by atoms with van der Waals surface area (Å²) < 4.78 is 0. The second kappa shape index (κ2) is 7.04. The van der Waals surface area contributed by atoms with Crippen molar-refractivity contribution >= 4 is 5.91 Å². The van der Waals surface area contributed by atoms with E-state index < -0.39 is 5.54 Å². The van der Waals surface area contributed by atoms with Crippen LogP contribution < -0.4 is 11.1 Å². The minimum Gasteiger partial charge on any atom is -0.346 e. The van der Waals surface area contributed by atoms with Crippen molar-refractivity contribution in [1.29, 1.82) is 0 Å². The van der Waals surface area contributed by atoms with E-state index >= 15 is 0 Å². The quantitative estimate of drug-likeness (QED) is 0.855. The van der Waals surface area contributed by atoms with Gasteiger partial charge >= 0.3 is 0 Å². The predicted octanol–water partition coefficient (Wildman–Crippen LogP) is 2.61. The number of nitrogens with one attached hydrogen (secondary N) is 1. The molecule has 0 radical (unpaired) electrons. The highest BCUT2D eigenvalue weighted by molar-refractivity contribution is 5.77. The van der Waals surface area contributed by atoms with E-state index in [4.69, 9.17) is 5.73 Å². The van der Waals surface area contributed by atoms with E-state index in [2.05, 4.69) is 5.32 Å². The number of hydrogen-bond donors (Lipinski definition) is 2. The monoisotopic (exact) mass is 282 g/mol. The van der Waals surface area contributed by atoms with Crippen LogP contribution in [0.5, 0.6) is 0 Å². The first-order valence-corrected chi connectivity index (χ1v) is 7.24. The van der Waals surface area contributed by atoms with Gasteiger partial charge in [-0.3, -0.25) is 4.79 Å². The third-order valence-electron chi connectivity index (χ3n) is 3.72. The van der Waals surface area contributed by atoms with Gasteiger partial charge in [-0.05, 0) is 24.5 Å². The topological polar surface area (TPSA) is 55.1 Å². The molecule has 2 rings (SSSR count). The van der Waals surface area contributed by atoms with Gasteiger partial charge in [0, 0.05) is 13.0 Å². The van der Waals surface area contributed by atoms with E-state index in [1.54, 1.807) is 0 Å². The fourth-order valence-electron chi connectivity index (χ4n) is 2.32. The van der Waals surface area contributed by atoms with Crippen LogP contribution >= 0.6 is 0 Å². The first-order valence-electron chi connectivity index (χ1n) is 7.24. The van der Waals surface area contributed by atoms with E-state index in [0.717, 1.165) is 12.0 Å². The van der Waals surface area contributed by atoms with Crippen molar-refractivity contribution in [2.24, 2.45) is 5.73 Å². The summed E-state index contributed by atoms with van der Waals surface area (Å²) in [6.45, 7) is 2.33. The number of rotatable bonds is 6. The lowest BCUT2D eigenvalue weighted by Gasteiger charge is -2.30. The molecule has 0 bridgehead atoms. The van der Waals surface area contributed by atoms with Gasteiger partial charge in [0.2, 0.25) is 5.91 Å². The first kappa shape index (κ1) is 15.3. The third-order valence-corrected chi connectivity index (χ3v) is 3.72. The van der Waals surface area contributed by atoms with Crippen LogP contribution in [0, 0.1) is 0 Å². The fourth-order valence-corrected chi connectivity index (χ4v) is 2.32. The molecule has 2 aromatic carbocycles. The molecule has 0 heterocycles. The van der Waals surface area contributed by atoms with Gasteiger partial charge in [-0.25, -0.2) is 0 Å². The lowest BCUT2D eigenvalue weighted by Crippen LogP contribution is -2.48. The highest BCUT2D eigenvalue weighted by Gasteiger charge is 2.26. The van der Waals surface area contributed by atoms with Crippen molar-refractivity contribution in [3.63, 3.8) is 0 Å². The van der Waals surface area contributed by atoms with Crippen molar-refractivity contribution in [2.75, 3.05) is 6.54 Å². The zero-order valence-electron chi connectivity index (χ0n) is 12.4. The van der Waals surface area contributed by atoms with Crippen molar-refractivity contribution < 1.29 is 4.79 Å². The summed E-state index contributed by atoms with van der Waals surface area (Å²) in [5.41, 5.74) is 7.56. The standard InChI is InChI=1S/C18H22N2O/c1-18(14-19,16-10-6-3-7-11-16)20-17(21)13-12-15-8-4-2-5-9-15/h2-11H,12-14,19H2,1H3,(H,20,21). The summed E-state index contributed by atoms with van der Waals surface area (Å²) in [7, 11) is 0. The Morgan fingerprint density at radius 2 is 1.62 bits per heavy atom. The van der Waals surface area contributed by atoms with E-state index in [0.29, 0.717) is 13.0 Å². The average Bonchev–Trinajstić information content (AvgIpc) is 2.54. The molecule has 0 saturated heterocycles. The van der Waals surface area contributed by atoms with Crippen LogP contribution in [0.3, 0.4) is 0 Å². The Morgan fingerprint density at radius 1 is 1.05 bits per heavy atom.